The average Bonchev–Trinajstić information content (AvgIpc) is 2.30. The van der Waals surface area contributed by atoms with E-state index in [1.165, 1.54) is 4.57 Å². The summed E-state index contributed by atoms with van der Waals surface area (Å²) in [4.78, 5) is 27.5. The zero-order valence-corrected chi connectivity index (χ0v) is 8.29. The predicted molar refractivity (Wildman–Crippen MR) is 43.7 cm³/mol. The molecule has 2 N–H and O–H groups in total. The first-order chi connectivity index (χ1) is 6.37. The van der Waals surface area contributed by atoms with Crippen LogP contribution in [0.2, 0.25) is 0 Å². The molecular formula is C6H10N2O5P+. The summed E-state index contributed by atoms with van der Waals surface area (Å²) < 4.78 is 17.3. The molecule has 0 saturated heterocycles. The van der Waals surface area contributed by atoms with Gasteiger partial charge >= 0.3 is 13.8 Å². The molecule has 8 heteroatoms. The summed E-state index contributed by atoms with van der Waals surface area (Å²) in [7, 11) is -2.97. The molecule has 0 fully saturated rings. The normalized spacial score (nSPS) is 11.4. The summed E-state index contributed by atoms with van der Waals surface area (Å²) >= 11 is 0. The highest BCUT2D eigenvalue weighted by atomic mass is 31.2. The number of imidazole rings is 1. The molecule has 0 radical (unpaired) electrons. The lowest BCUT2D eigenvalue weighted by molar-refractivity contribution is -0.671. The van der Waals surface area contributed by atoms with E-state index in [2.05, 4.69) is 4.52 Å². The second-order valence-corrected chi connectivity index (χ2v) is 3.87. The molecule has 0 aliphatic carbocycles. The Morgan fingerprint density at radius 1 is 1.64 bits per heavy atom. The van der Waals surface area contributed by atoms with Gasteiger partial charge in [-0.15, -0.1) is 0 Å². The second-order valence-electron chi connectivity index (χ2n) is 2.71. The summed E-state index contributed by atoms with van der Waals surface area (Å²) in [5.41, 5.74) is 0. The van der Waals surface area contributed by atoms with Gasteiger partial charge < -0.3 is 4.52 Å². The minimum Gasteiger partial charge on any atom is -0.368 e. The number of nitrogens with zero attached hydrogens (tertiary/aromatic N) is 2. The molecular weight excluding hydrogens is 211 g/mol. The van der Waals surface area contributed by atoms with Gasteiger partial charge in [-0.2, -0.15) is 0 Å². The maximum absolute atomic E-state index is 10.9. The summed E-state index contributed by atoms with van der Waals surface area (Å²) in [6.45, 7) is -0.230. The average molecular weight is 221 g/mol. The number of carbonyl (C=O) groups is 1. The third-order valence-corrected chi connectivity index (χ3v) is 1.80. The zero-order chi connectivity index (χ0) is 10.8. The molecule has 0 saturated carbocycles. The van der Waals surface area contributed by atoms with Crippen molar-refractivity contribution in [2.45, 2.75) is 6.54 Å². The molecule has 0 unspecified atom stereocenters. The van der Waals surface area contributed by atoms with E-state index in [-0.39, 0.29) is 6.54 Å². The predicted octanol–water partition coefficient (Wildman–Crippen LogP) is -1.05. The molecule has 1 rings (SSSR count). The lowest BCUT2D eigenvalue weighted by Crippen LogP contribution is -2.24. The number of hydrogen-bond acceptors (Lipinski definition) is 3. The smallest absolute Gasteiger partial charge is 0.368 e. The standard InChI is InChI=1S/C6H9N2O5P/c1-7-2-3-8(5-7)4-6(9)13-14(10,11)12/h2-3,5H,4H2,1H3,(H-,10,11,12)/p+1. The van der Waals surface area contributed by atoms with E-state index in [0.717, 1.165) is 0 Å². The van der Waals surface area contributed by atoms with E-state index in [4.69, 9.17) is 9.79 Å². The molecule has 0 amide bonds. The second kappa shape index (κ2) is 3.91. The van der Waals surface area contributed by atoms with Crippen molar-refractivity contribution in [3.05, 3.63) is 18.7 Å². The molecule has 0 atom stereocenters. The number of carbonyl (C=O) groups excluding carboxylic acids is 1. The minimum atomic E-state index is -4.72. The van der Waals surface area contributed by atoms with E-state index in [1.807, 2.05) is 0 Å². The number of rotatable bonds is 3. The van der Waals surface area contributed by atoms with Gasteiger partial charge in [-0.3, -0.25) is 9.79 Å². The lowest BCUT2D eigenvalue weighted by Gasteiger charge is -2.02. The van der Waals surface area contributed by atoms with Crippen molar-refractivity contribution >= 4 is 13.8 Å². The van der Waals surface area contributed by atoms with Crippen LogP contribution < -0.4 is 4.57 Å². The lowest BCUT2D eigenvalue weighted by atomic mass is 10.6. The van der Waals surface area contributed by atoms with Crippen LogP contribution in [0.15, 0.2) is 18.7 Å². The fourth-order valence-corrected chi connectivity index (χ4v) is 1.23. The van der Waals surface area contributed by atoms with E-state index in [0.29, 0.717) is 0 Å². The van der Waals surface area contributed by atoms with E-state index in [9.17, 15) is 9.36 Å². The Balaban J connectivity index is 2.54. The van der Waals surface area contributed by atoms with Crippen molar-refractivity contribution in [2.75, 3.05) is 0 Å². The van der Waals surface area contributed by atoms with E-state index in [1.54, 1.807) is 30.3 Å². The molecule has 1 aromatic rings. The summed E-state index contributed by atoms with van der Waals surface area (Å²) in [6, 6.07) is 0. The first kappa shape index (κ1) is 10.9. The maximum Gasteiger partial charge on any atom is 0.527 e. The van der Waals surface area contributed by atoms with Crippen LogP contribution in [0.3, 0.4) is 0 Å². The van der Waals surface area contributed by atoms with Gasteiger partial charge in [0, 0.05) is 0 Å². The Hall–Kier alpha value is -1.17. The van der Waals surface area contributed by atoms with Crippen molar-refractivity contribution in [2.24, 2.45) is 7.05 Å². The molecule has 0 aliphatic heterocycles. The Morgan fingerprint density at radius 2 is 2.29 bits per heavy atom. The quantitative estimate of drug-likeness (QED) is 0.501. The molecule has 78 valence electrons. The first-order valence-corrected chi connectivity index (χ1v) is 5.19. The Bertz CT molecular complexity index is 381. The zero-order valence-electron chi connectivity index (χ0n) is 7.40. The van der Waals surface area contributed by atoms with Crippen molar-refractivity contribution in [1.29, 1.82) is 0 Å². The van der Waals surface area contributed by atoms with Gasteiger partial charge in [0.1, 0.15) is 12.4 Å². The SMILES string of the molecule is C[n+]1ccn(CC(=O)OP(=O)(O)O)c1. The van der Waals surface area contributed by atoms with Gasteiger partial charge in [-0.1, -0.05) is 0 Å². The molecule has 14 heavy (non-hydrogen) atoms. The van der Waals surface area contributed by atoms with Crippen LogP contribution in [-0.2, 0) is 27.5 Å². The highest BCUT2D eigenvalue weighted by molar-refractivity contribution is 7.46. The van der Waals surface area contributed by atoms with Gasteiger partial charge in [-0.25, -0.2) is 18.5 Å². The fourth-order valence-electron chi connectivity index (χ4n) is 0.906. The Morgan fingerprint density at radius 3 is 2.71 bits per heavy atom. The highest BCUT2D eigenvalue weighted by Crippen LogP contribution is 2.35. The van der Waals surface area contributed by atoms with Crippen LogP contribution >= 0.6 is 7.82 Å². The van der Waals surface area contributed by atoms with Gasteiger partial charge in [0.25, 0.3) is 0 Å². The molecule has 1 heterocycles. The molecule has 1 aromatic heterocycles. The Kier molecular flexibility index (Phi) is 3.05. The van der Waals surface area contributed by atoms with Crippen molar-refractivity contribution in [3.8, 4) is 0 Å². The maximum atomic E-state index is 10.9. The monoisotopic (exact) mass is 221 g/mol. The highest BCUT2D eigenvalue weighted by Gasteiger charge is 2.21. The molecule has 7 nitrogen and oxygen atoms in total. The topological polar surface area (TPSA) is 92.6 Å². The van der Waals surface area contributed by atoms with Gasteiger partial charge in [0.05, 0.1) is 7.05 Å². The molecule has 0 aliphatic rings. The van der Waals surface area contributed by atoms with E-state index >= 15 is 0 Å². The van der Waals surface area contributed by atoms with Crippen molar-refractivity contribution < 1.29 is 28.2 Å². The van der Waals surface area contributed by atoms with Gasteiger partial charge in [-0.05, 0) is 0 Å². The minimum absolute atomic E-state index is 0.230. The Labute approximate surface area is 79.8 Å². The summed E-state index contributed by atoms with van der Waals surface area (Å²) in [5, 5.41) is 0. The largest absolute Gasteiger partial charge is 0.527 e. The number of aryl methyl sites for hydroxylation is 1. The van der Waals surface area contributed by atoms with Crippen LogP contribution in [0.4, 0.5) is 0 Å². The molecule has 0 bridgehead atoms. The summed E-state index contributed by atoms with van der Waals surface area (Å²) in [6.07, 6.45) is 4.85. The molecule has 0 aromatic carbocycles. The van der Waals surface area contributed by atoms with Gasteiger partial charge in [0.2, 0.25) is 6.33 Å². The molecule has 0 spiro atoms. The van der Waals surface area contributed by atoms with Crippen LogP contribution in [0.5, 0.6) is 0 Å². The number of aromatic nitrogens is 2. The number of phosphoric ester groups is 1. The van der Waals surface area contributed by atoms with Crippen LogP contribution in [0.1, 0.15) is 0 Å². The third-order valence-electron chi connectivity index (χ3n) is 1.36. The fraction of sp³-hybridized carbons (Fsp3) is 0.333. The van der Waals surface area contributed by atoms with Crippen molar-refractivity contribution in [1.82, 2.24) is 4.57 Å². The van der Waals surface area contributed by atoms with Crippen LogP contribution in [-0.4, -0.2) is 20.3 Å². The van der Waals surface area contributed by atoms with Crippen molar-refractivity contribution in [3.63, 3.8) is 0 Å². The van der Waals surface area contributed by atoms with E-state index < -0.39 is 13.8 Å². The van der Waals surface area contributed by atoms with Gasteiger partial charge in [0.15, 0.2) is 6.54 Å². The van der Waals surface area contributed by atoms with Crippen LogP contribution in [0, 0.1) is 0 Å². The first-order valence-electron chi connectivity index (χ1n) is 3.66. The van der Waals surface area contributed by atoms with Crippen LogP contribution in [0.25, 0.3) is 0 Å². The third kappa shape index (κ3) is 3.69. The number of hydrogen-bond donors (Lipinski definition) is 2. The summed E-state index contributed by atoms with van der Waals surface area (Å²) in [5.74, 6) is -0.977. The number of phosphoric acid groups is 1.